The van der Waals surface area contributed by atoms with Crippen LogP contribution in [0.15, 0.2) is 29.4 Å². The molecule has 1 aromatic heterocycles. The van der Waals surface area contributed by atoms with E-state index in [0.717, 1.165) is 10.2 Å². The largest absolute Gasteiger partial charge is 0.318 e. The minimum Gasteiger partial charge on any atom is -0.318 e. The van der Waals surface area contributed by atoms with Gasteiger partial charge in [-0.1, -0.05) is 23.5 Å². The topological polar surface area (TPSA) is 89.5 Å². The first-order valence-corrected chi connectivity index (χ1v) is 6.91. The molecule has 8 heteroatoms. The summed E-state index contributed by atoms with van der Waals surface area (Å²) in [6.45, 7) is 0. The molecule has 1 N–H and O–H groups in total. The molecule has 0 aliphatic heterocycles. The number of hydrogen-bond acceptors (Lipinski definition) is 5. The summed E-state index contributed by atoms with van der Waals surface area (Å²) in [5.41, 5.74) is 3.45. The zero-order valence-corrected chi connectivity index (χ0v) is 11.5. The van der Waals surface area contributed by atoms with Crippen molar-refractivity contribution in [3.8, 4) is 0 Å². The third-order valence-electron chi connectivity index (χ3n) is 3.34. The van der Waals surface area contributed by atoms with Crippen LogP contribution in [-0.2, 0) is 11.8 Å². The molecule has 2 aromatic rings. The molecule has 2 unspecified atom stereocenters. The second kappa shape index (κ2) is 4.71. The Bertz CT molecular complexity index is 763. The lowest BCUT2D eigenvalue weighted by molar-refractivity contribution is -0.497. The van der Waals surface area contributed by atoms with Gasteiger partial charge in [-0.3, -0.25) is 14.9 Å². The molecule has 0 saturated heterocycles. The van der Waals surface area contributed by atoms with Crippen LogP contribution in [0.5, 0.6) is 0 Å². The molecule has 3 rings (SSSR count). The van der Waals surface area contributed by atoms with Crippen molar-refractivity contribution in [3.63, 3.8) is 0 Å². The highest BCUT2D eigenvalue weighted by atomic mass is 32.1. The van der Waals surface area contributed by atoms with E-state index in [9.17, 15) is 14.9 Å². The molecule has 2 atom stereocenters. The van der Waals surface area contributed by atoms with E-state index in [1.54, 1.807) is 0 Å². The molecule has 1 aliphatic rings. The molecule has 1 aliphatic carbocycles. The van der Waals surface area contributed by atoms with Crippen molar-refractivity contribution >= 4 is 27.5 Å². The second-order valence-electron chi connectivity index (χ2n) is 4.69. The Morgan fingerprint density at radius 3 is 2.95 bits per heavy atom. The fraction of sp³-hybridized carbons (Fsp3) is 0.333. The summed E-state index contributed by atoms with van der Waals surface area (Å²) in [7, 11) is 1.86. The number of para-hydroxylation sites is 1. The van der Waals surface area contributed by atoms with Crippen LogP contribution in [0.4, 0.5) is 0 Å². The monoisotopic (exact) mass is 292 g/mol. The molecule has 0 bridgehead atoms. The Morgan fingerprint density at radius 2 is 2.30 bits per heavy atom. The summed E-state index contributed by atoms with van der Waals surface area (Å²) >= 11 is 1.45. The fourth-order valence-electron chi connectivity index (χ4n) is 2.07. The first-order valence-electron chi connectivity index (χ1n) is 6.09. The number of aromatic nitrogens is 1. The summed E-state index contributed by atoms with van der Waals surface area (Å²) in [5.74, 6) is -0.933. The number of rotatable bonds is 3. The highest BCUT2D eigenvalue weighted by Crippen LogP contribution is 2.32. The van der Waals surface area contributed by atoms with Gasteiger partial charge in [0.05, 0.1) is 10.2 Å². The van der Waals surface area contributed by atoms with Gasteiger partial charge in [0.1, 0.15) is 5.92 Å². The Balaban J connectivity index is 1.80. The maximum absolute atomic E-state index is 11.7. The quantitative estimate of drug-likeness (QED) is 0.671. The summed E-state index contributed by atoms with van der Waals surface area (Å²) < 4.78 is 2.94. The number of aryl methyl sites for hydroxylation is 1. The van der Waals surface area contributed by atoms with Crippen molar-refractivity contribution in [1.82, 2.24) is 9.99 Å². The Morgan fingerprint density at radius 1 is 1.55 bits per heavy atom. The summed E-state index contributed by atoms with van der Waals surface area (Å²) in [6, 6.07) is 7.07. The normalized spacial score (nSPS) is 21.9. The number of thiazole rings is 1. The maximum atomic E-state index is 11.7. The van der Waals surface area contributed by atoms with Crippen molar-refractivity contribution in [1.29, 1.82) is 0 Å². The number of nitro groups is 1. The number of hydrogen-bond donors (Lipinski definition) is 1. The van der Waals surface area contributed by atoms with Crippen molar-refractivity contribution < 1.29 is 9.72 Å². The number of fused-ring (bicyclic) bond motifs is 1. The molecule has 0 radical (unpaired) electrons. The van der Waals surface area contributed by atoms with E-state index >= 15 is 0 Å². The van der Waals surface area contributed by atoms with Crippen LogP contribution < -0.4 is 10.2 Å². The highest BCUT2D eigenvalue weighted by molar-refractivity contribution is 7.16. The standard InChI is InChI=1S/C12H12N4O3S/c1-15-8-4-2-3-5-10(8)20-12(15)14-13-11(17)7-6-9(7)16(18)19/h2-5,7,9H,6H2,1H3,(H,13,17)/b14-12+. The summed E-state index contributed by atoms with van der Waals surface area (Å²) in [5, 5.41) is 14.6. The predicted molar refractivity (Wildman–Crippen MR) is 73.4 cm³/mol. The lowest BCUT2D eigenvalue weighted by atomic mass is 10.3. The van der Waals surface area contributed by atoms with Crippen LogP contribution in [0.25, 0.3) is 10.2 Å². The van der Waals surface area contributed by atoms with Crippen LogP contribution in [0, 0.1) is 16.0 Å². The van der Waals surface area contributed by atoms with Crippen molar-refractivity contribution in [2.45, 2.75) is 12.5 Å². The minimum atomic E-state index is -0.749. The molecule has 1 heterocycles. The fourth-order valence-corrected chi connectivity index (χ4v) is 3.05. The van der Waals surface area contributed by atoms with E-state index in [4.69, 9.17) is 0 Å². The van der Waals surface area contributed by atoms with Crippen LogP contribution in [0.2, 0.25) is 0 Å². The van der Waals surface area contributed by atoms with Gasteiger partial charge in [0.25, 0.3) is 0 Å². The van der Waals surface area contributed by atoms with Crippen LogP contribution >= 0.6 is 11.3 Å². The third kappa shape index (κ3) is 2.18. The van der Waals surface area contributed by atoms with E-state index in [1.807, 2.05) is 35.9 Å². The maximum Gasteiger partial charge on any atom is 0.250 e. The smallest absolute Gasteiger partial charge is 0.250 e. The highest BCUT2D eigenvalue weighted by Gasteiger charge is 2.53. The lowest BCUT2D eigenvalue weighted by Crippen LogP contribution is -2.26. The molecule has 104 valence electrons. The molecule has 1 aromatic carbocycles. The average Bonchev–Trinajstić information content (AvgIpc) is 3.18. The minimum absolute atomic E-state index is 0.299. The van der Waals surface area contributed by atoms with Crippen LogP contribution in [-0.4, -0.2) is 21.4 Å². The zero-order chi connectivity index (χ0) is 14.3. The molecule has 1 amide bonds. The molecule has 1 saturated carbocycles. The molecular weight excluding hydrogens is 280 g/mol. The van der Waals surface area contributed by atoms with Gasteiger partial charge < -0.3 is 4.57 Å². The SMILES string of the molecule is Cn1/c(=N\NC(=O)C2CC2[N+](=O)[O-])sc2ccccc21. The van der Waals surface area contributed by atoms with Gasteiger partial charge in [-0.25, -0.2) is 5.43 Å². The van der Waals surface area contributed by atoms with E-state index in [1.165, 1.54) is 11.3 Å². The molecule has 20 heavy (non-hydrogen) atoms. The Hall–Kier alpha value is -2.22. The number of nitrogens with one attached hydrogen (secondary N) is 1. The lowest BCUT2D eigenvalue weighted by Gasteiger charge is -1.96. The number of carbonyl (C=O) groups is 1. The molecule has 1 fully saturated rings. The third-order valence-corrected chi connectivity index (χ3v) is 4.45. The van der Waals surface area contributed by atoms with Gasteiger partial charge in [-0.05, 0) is 12.1 Å². The average molecular weight is 292 g/mol. The first-order chi connectivity index (χ1) is 9.58. The van der Waals surface area contributed by atoms with Gasteiger partial charge in [-0.2, -0.15) is 0 Å². The first kappa shape index (κ1) is 12.8. The van der Waals surface area contributed by atoms with Crippen molar-refractivity contribution in [2.75, 3.05) is 0 Å². The van der Waals surface area contributed by atoms with E-state index in [0.29, 0.717) is 11.2 Å². The van der Waals surface area contributed by atoms with Gasteiger partial charge in [-0.15, -0.1) is 5.10 Å². The number of carbonyl (C=O) groups excluding carboxylic acids is 1. The molecule has 7 nitrogen and oxygen atoms in total. The van der Waals surface area contributed by atoms with Gasteiger partial charge in [0.15, 0.2) is 0 Å². The predicted octanol–water partition coefficient (Wildman–Crippen LogP) is 0.837. The van der Waals surface area contributed by atoms with E-state index in [-0.39, 0.29) is 5.91 Å². The molecule has 0 spiro atoms. The second-order valence-corrected chi connectivity index (χ2v) is 5.70. The van der Waals surface area contributed by atoms with Gasteiger partial charge in [0.2, 0.25) is 16.8 Å². The molecular formula is C12H12N4O3S. The van der Waals surface area contributed by atoms with Crippen molar-refractivity contribution in [3.05, 3.63) is 39.2 Å². The van der Waals surface area contributed by atoms with Crippen LogP contribution in [0.3, 0.4) is 0 Å². The summed E-state index contributed by atoms with van der Waals surface area (Å²) in [6.07, 6.45) is 0.299. The van der Waals surface area contributed by atoms with E-state index in [2.05, 4.69) is 10.5 Å². The van der Waals surface area contributed by atoms with Crippen molar-refractivity contribution in [2.24, 2.45) is 18.1 Å². The van der Waals surface area contributed by atoms with Crippen LogP contribution in [0.1, 0.15) is 6.42 Å². The number of amides is 1. The number of benzene rings is 1. The Labute approximate surface area is 117 Å². The summed E-state index contributed by atoms with van der Waals surface area (Å²) in [4.78, 5) is 22.5. The van der Waals surface area contributed by atoms with Gasteiger partial charge >= 0.3 is 0 Å². The zero-order valence-electron chi connectivity index (χ0n) is 10.6. The Kier molecular flexibility index (Phi) is 3.01. The van der Waals surface area contributed by atoms with E-state index < -0.39 is 16.9 Å². The number of nitrogens with zero attached hydrogens (tertiary/aromatic N) is 3. The van der Waals surface area contributed by atoms with Gasteiger partial charge in [0, 0.05) is 18.4 Å².